The average Bonchev–Trinajstić information content (AvgIpc) is 3.53. The van der Waals surface area contributed by atoms with Crippen LogP contribution in [-0.4, -0.2) is 30.5 Å². The molecule has 0 N–H and O–H groups in total. The van der Waals surface area contributed by atoms with Crippen molar-refractivity contribution in [2.24, 2.45) is 0 Å². The van der Waals surface area contributed by atoms with Gasteiger partial charge in [-0.2, -0.15) is 0 Å². The molecule has 282 valence electrons. The molecule has 1 heterocycles. The largest absolute Gasteiger partial charge is 0.352 e. The molecular formula is C43H47Cl4N2O2PRu. The molecule has 1 aliphatic rings. The van der Waals surface area contributed by atoms with Gasteiger partial charge in [0.15, 0.2) is 0 Å². The number of anilines is 2. The molecule has 0 atom stereocenters. The Bertz CT molecular complexity index is 2010. The van der Waals surface area contributed by atoms with E-state index in [0.29, 0.717) is 31.7 Å². The monoisotopic (exact) mass is 896 g/mol. The van der Waals surface area contributed by atoms with Gasteiger partial charge >= 0.3 is 201 Å². The van der Waals surface area contributed by atoms with Gasteiger partial charge < -0.3 is 9.80 Å². The second kappa shape index (κ2) is 17.9. The first-order valence-corrected chi connectivity index (χ1v) is 25.4. The van der Waals surface area contributed by atoms with Gasteiger partial charge in [-0.25, -0.2) is 0 Å². The molecule has 0 unspecified atom stereocenters. The quantitative estimate of drug-likeness (QED) is 0.115. The second-order valence-electron chi connectivity index (χ2n) is 13.9. The van der Waals surface area contributed by atoms with Crippen LogP contribution in [0, 0.1) is 41.5 Å². The number of ether oxygens (including phenoxy) is 1. The maximum atomic E-state index is 14.6. The summed E-state index contributed by atoms with van der Waals surface area (Å²) in [6, 6.07) is 28.8. The minimum atomic E-state index is -3.20. The van der Waals surface area contributed by atoms with E-state index < -0.39 is 20.7 Å². The fraction of sp³-hybridized carbons (Fsp3) is 0.279. The summed E-state index contributed by atoms with van der Waals surface area (Å²) in [7, 11) is 9.11. The van der Waals surface area contributed by atoms with Crippen molar-refractivity contribution in [2.45, 2.75) is 61.5 Å². The molecule has 53 heavy (non-hydrogen) atoms. The van der Waals surface area contributed by atoms with Crippen LogP contribution in [-0.2, 0) is 18.1 Å². The van der Waals surface area contributed by atoms with Gasteiger partial charge in [0.25, 0.3) is 0 Å². The number of benzene rings is 5. The average molecular weight is 898 g/mol. The first kappa shape index (κ1) is 41.5. The van der Waals surface area contributed by atoms with Gasteiger partial charge in [-0.1, -0.05) is 35.4 Å². The first-order valence-electron chi connectivity index (χ1n) is 17.5. The van der Waals surface area contributed by atoms with Crippen LogP contribution in [0.4, 0.5) is 11.4 Å². The molecule has 10 heteroatoms. The summed E-state index contributed by atoms with van der Waals surface area (Å²) in [6.07, 6.45) is -0.0198. The number of rotatable bonds is 8. The Balaban J connectivity index is 0.000000211. The smallest absolute Gasteiger partial charge is 0.0904 e. The summed E-state index contributed by atoms with van der Waals surface area (Å²) in [4.78, 5) is 5.06. The van der Waals surface area contributed by atoms with Gasteiger partial charge in [0, 0.05) is 24.5 Å². The summed E-state index contributed by atoms with van der Waals surface area (Å²) in [5.41, 5.74) is 11.8. The molecule has 0 spiro atoms. The number of hydrogen-bond donors (Lipinski definition) is 0. The Morgan fingerprint density at radius 1 is 0.642 bits per heavy atom. The van der Waals surface area contributed by atoms with Crippen molar-refractivity contribution in [3.63, 3.8) is 0 Å². The predicted molar refractivity (Wildman–Crippen MR) is 229 cm³/mol. The Labute approximate surface area is 338 Å². The van der Waals surface area contributed by atoms with Gasteiger partial charge in [0.05, 0.1) is 6.67 Å². The van der Waals surface area contributed by atoms with E-state index >= 15 is 0 Å². The van der Waals surface area contributed by atoms with Crippen LogP contribution in [0.15, 0.2) is 91.0 Å². The van der Waals surface area contributed by atoms with E-state index in [-0.39, 0.29) is 6.10 Å². The van der Waals surface area contributed by atoms with Crippen molar-refractivity contribution in [1.82, 2.24) is 0 Å². The zero-order valence-electron chi connectivity index (χ0n) is 31.5. The summed E-state index contributed by atoms with van der Waals surface area (Å²) in [5, 5.41) is 3.15. The number of halogens is 4. The second-order valence-corrected chi connectivity index (χ2v) is 23.3. The normalized spacial score (nSPS) is 13.2. The summed E-state index contributed by atoms with van der Waals surface area (Å²) < 4.78 is 22.3. The van der Waals surface area contributed by atoms with Crippen molar-refractivity contribution in [1.29, 1.82) is 0 Å². The molecule has 0 saturated carbocycles. The van der Waals surface area contributed by atoms with Crippen LogP contribution in [0.3, 0.4) is 0 Å². The third-order valence-corrected chi connectivity index (χ3v) is 14.6. The molecule has 6 rings (SSSR count). The molecule has 1 saturated heterocycles. The van der Waals surface area contributed by atoms with E-state index in [0.717, 1.165) is 25.3 Å². The van der Waals surface area contributed by atoms with Crippen molar-refractivity contribution >= 4 is 81.6 Å². The SMILES string of the molecule is CC(C)Oc1ccc(P(=O)(c2ccc(Cl)cc2)c2ccc(Cl)cc2)cc1[CH]=[Ru]([Cl])[Cl].Cc1cc(C)c(N2CCN(c3c(C)cc(C)cc3C)C2)c(C)c1. The maximum absolute atomic E-state index is 14.6. The minimum absolute atomic E-state index is 0.0198. The fourth-order valence-corrected chi connectivity index (χ4v) is 12.0. The molecule has 0 bridgehead atoms. The number of aryl methyl sites for hydroxylation is 6. The van der Waals surface area contributed by atoms with Gasteiger partial charge in [-0.15, -0.1) is 0 Å². The van der Waals surface area contributed by atoms with Crippen LogP contribution >= 0.6 is 49.7 Å². The van der Waals surface area contributed by atoms with E-state index in [1.54, 1.807) is 48.5 Å². The predicted octanol–water partition coefficient (Wildman–Crippen LogP) is 11.3. The molecule has 1 fully saturated rings. The Morgan fingerprint density at radius 3 is 1.42 bits per heavy atom. The molecule has 0 amide bonds. The zero-order chi connectivity index (χ0) is 38.6. The van der Waals surface area contributed by atoms with Crippen LogP contribution in [0.1, 0.15) is 52.8 Å². The number of nitrogens with zero attached hydrogens (tertiary/aromatic N) is 2. The summed E-state index contributed by atoms with van der Waals surface area (Å²) in [5.74, 6) is 0.660. The molecule has 0 aliphatic carbocycles. The topological polar surface area (TPSA) is 32.8 Å². The molecule has 0 radical (unpaired) electrons. The van der Waals surface area contributed by atoms with Crippen LogP contribution < -0.4 is 30.5 Å². The van der Waals surface area contributed by atoms with Gasteiger partial charge in [-0.3, -0.25) is 0 Å². The molecule has 5 aromatic rings. The third kappa shape index (κ3) is 9.98. The zero-order valence-corrected chi connectivity index (χ0v) is 37.1. The van der Waals surface area contributed by atoms with Crippen molar-refractivity contribution in [2.75, 3.05) is 29.6 Å². The van der Waals surface area contributed by atoms with Gasteiger partial charge in [0.2, 0.25) is 0 Å². The molecule has 0 aromatic heterocycles. The molecular weight excluding hydrogens is 850 g/mol. The van der Waals surface area contributed by atoms with Crippen LogP contribution in [0.2, 0.25) is 10.0 Å². The first-order chi connectivity index (χ1) is 25.1. The van der Waals surface area contributed by atoms with E-state index in [4.69, 9.17) is 47.3 Å². The van der Waals surface area contributed by atoms with E-state index in [9.17, 15) is 4.57 Å². The molecule has 5 aromatic carbocycles. The van der Waals surface area contributed by atoms with Crippen molar-refractivity contribution in [3.8, 4) is 5.75 Å². The van der Waals surface area contributed by atoms with E-state index in [1.807, 2.05) is 36.7 Å². The Kier molecular flexibility index (Phi) is 14.0. The van der Waals surface area contributed by atoms with Crippen LogP contribution in [0.25, 0.3) is 0 Å². The summed E-state index contributed by atoms with van der Waals surface area (Å²) >= 11 is 10.0. The van der Waals surface area contributed by atoms with Gasteiger partial charge in [0.1, 0.15) is 0 Å². The standard InChI is InChI=1S/C22H19Cl2O2P.C21H28N2.2ClH.Ru/c1-15(2)26-22-13-12-21(14-16(22)3)27(25,19-8-4-17(23)5-9-19)20-10-6-18(24)7-11-20;1-14-9-16(3)20(17(4)10-14)22-7-8-23(13-22)21-18(5)11-15(2)12-19(21)6;;;/h3-15H,1-2H3;9-12H,7-8,13H2,1-6H3;2*1H;/q;;;;+2/p-2. The van der Waals surface area contributed by atoms with Crippen LogP contribution in [0.5, 0.6) is 5.75 Å². The Hall–Kier alpha value is -2.62. The summed E-state index contributed by atoms with van der Waals surface area (Å²) in [6.45, 7) is 20.4. The van der Waals surface area contributed by atoms with Crippen molar-refractivity contribution in [3.05, 3.63) is 140 Å². The maximum Gasteiger partial charge on any atom is 0.0904 e. The molecule has 1 aliphatic heterocycles. The van der Waals surface area contributed by atoms with E-state index in [1.165, 1.54) is 44.8 Å². The Morgan fingerprint density at radius 2 is 1.04 bits per heavy atom. The molecule has 4 nitrogen and oxygen atoms in total. The number of hydrogen-bond acceptors (Lipinski definition) is 4. The van der Waals surface area contributed by atoms with Crippen molar-refractivity contribution < 1.29 is 22.8 Å². The fourth-order valence-electron chi connectivity index (χ4n) is 7.30. The van der Waals surface area contributed by atoms with E-state index in [2.05, 4.69) is 75.6 Å². The van der Waals surface area contributed by atoms with Gasteiger partial charge in [-0.05, 0) is 63.8 Å². The minimum Gasteiger partial charge on any atom is -0.352 e. The third-order valence-electron chi connectivity index (χ3n) is 9.17.